The molecule has 4 aromatic rings. The summed E-state index contributed by atoms with van der Waals surface area (Å²) < 4.78 is 79.8. The molecule has 182 valence electrons. The van der Waals surface area contributed by atoms with Gasteiger partial charge in [-0.2, -0.15) is 26.3 Å². The minimum absolute atomic E-state index is 0.0530. The maximum Gasteiger partial charge on any atom is 0.417 e. The zero-order valence-corrected chi connectivity index (χ0v) is 18.7. The van der Waals surface area contributed by atoms with Gasteiger partial charge in [0.15, 0.2) is 0 Å². The van der Waals surface area contributed by atoms with Crippen molar-refractivity contribution in [2.24, 2.45) is 0 Å². The Morgan fingerprint density at radius 1 is 0.882 bits per heavy atom. The van der Waals surface area contributed by atoms with Gasteiger partial charge in [0.1, 0.15) is 4.88 Å². The van der Waals surface area contributed by atoms with Crippen LogP contribution in [0.1, 0.15) is 33.6 Å². The summed E-state index contributed by atoms with van der Waals surface area (Å²) in [4.78, 5) is 18.0. The average Bonchev–Trinajstić information content (AvgIpc) is 3.54. The smallest absolute Gasteiger partial charge is 0.417 e. The summed E-state index contributed by atoms with van der Waals surface area (Å²) >= 11 is 1.64. The number of nitrogens with zero attached hydrogens (tertiary/aromatic N) is 2. The van der Waals surface area contributed by atoms with Crippen LogP contribution in [-0.2, 0) is 17.1 Å². The number of pyridine rings is 2. The van der Waals surface area contributed by atoms with Crippen LogP contribution in [0.15, 0.2) is 42.0 Å². The number of fused-ring (bicyclic) bond motifs is 2. The van der Waals surface area contributed by atoms with Gasteiger partial charge in [0, 0.05) is 25.6 Å². The van der Waals surface area contributed by atoms with Gasteiger partial charge < -0.3 is 9.84 Å². The molecule has 0 aliphatic carbocycles. The fourth-order valence-corrected chi connectivity index (χ4v) is 4.75. The second-order valence-corrected chi connectivity index (χ2v) is 8.77. The standard InChI is InChI=1S/C9H4F3NO2S.C8H4F3NS.C4H8O/c10-9(11,12)4-1-2-13-5-3-6(8(14)15)16-7(4)5;9-8(10,11)5-1-3-12-6-2-4-13-7(5)6;1-2-4-5-3-1/h1-3H,(H,14,15);1-4H;1-4H2. The molecule has 13 heteroatoms. The highest BCUT2D eigenvalue weighted by molar-refractivity contribution is 7.20. The molecule has 0 amide bonds. The number of carboxylic acid groups (broad SMARTS) is 1. The van der Waals surface area contributed by atoms with E-state index in [0.717, 1.165) is 48.9 Å². The fourth-order valence-electron chi connectivity index (χ4n) is 2.87. The van der Waals surface area contributed by atoms with Crippen molar-refractivity contribution in [2.45, 2.75) is 25.2 Å². The summed E-state index contributed by atoms with van der Waals surface area (Å²) in [6.45, 7) is 2.00. The number of thiophene rings is 2. The Kier molecular flexibility index (Phi) is 8.10. The summed E-state index contributed by atoms with van der Waals surface area (Å²) in [5.74, 6) is -1.25. The molecule has 34 heavy (non-hydrogen) atoms. The zero-order chi connectivity index (χ0) is 24.9. The van der Waals surface area contributed by atoms with Crippen LogP contribution in [0.5, 0.6) is 0 Å². The maximum absolute atomic E-state index is 12.6. The molecule has 0 atom stereocenters. The molecule has 5 nitrogen and oxygen atoms in total. The van der Waals surface area contributed by atoms with Crippen molar-refractivity contribution in [1.82, 2.24) is 9.97 Å². The number of rotatable bonds is 1. The van der Waals surface area contributed by atoms with E-state index in [2.05, 4.69) is 9.97 Å². The van der Waals surface area contributed by atoms with E-state index in [0.29, 0.717) is 16.9 Å². The second-order valence-electron chi connectivity index (χ2n) is 6.80. The van der Waals surface area contributed by atoms with E-state index >= 15 is 0 Å². The predicted molar refractivity (Wildman–Crippen MR) is 116 cm³/mol. The molecule has 1 aliphatic rings. The number of halogens is 6. The fraction of sp³-hybridized carbons (Fsp3) is 0.286. The van der Waals surface area contributed by atoms with Crippen molar-refractivity contribution >= 4 is 49.1 Å². The van der Waals surface area contributed by atoms with Gasteiger partial charge >= 0.3 is 18.3 Å². The predicted octanol–water partition coefficient (Wildman–Crippen LogP) is 7.13. The van der Waals surface area contributed by atoms with Crippen LogP contribution < -0.4 is 0 Å². The second kappa shape index (κ2) is 10.7. The van der Waals surface area contributed by atoms with Gasteiger partial charge in [-0.3, -0.25) is 9.97 Å². The maximum atomic E-state index is 12.6. The summed E-state index contributed by atoms with van der Waals surface area (Å²) in [7, 11) is 0. The van der Waals surface area contributed by atoms with Crippen molar-refractivity contribution in [3.05, 3.63) is 58.0 Å². The Bertz CT molecular complexity index is 1260. The van der Waals surface area contributed by atoms with Crippen LogP contribution in [0.2, 0.25) is 0 Å². The van der Waals surface area contributed by atoms with Crippen LogP contribution in [0.3, 0.4) is 0 Å². The number of carboxylic acids is 1. The molecule has 1 N–H and O–H groups in total. The average molecular weight is 522 g/mol. The van der Waals surface area contributed by atoms with Gasteiger partial charge in [0.2, 0.25) is 0 Å². The molecule has 0 aromatic carbocycles. The topological polar surface area (TPSA) is 72.3 Å². The summed E-state index contributed by atoms with van der Waals surface area (Å²) in [6, 6.07) is 4.55. The molecule has 5 heterocycles. The quantitative estimate of drug-likeness (QED) is 0.270. The number of hydrogen-bond acceptors (Lipinski definition) is 6. The van der Waals surface area contributed by atoms with Crippen LogP contribution in [-0.4, -0.2) is 34.3 Å². The first-order valence-electron chi connectivity index (χ1n) is 9.64. The van der Waals surface area contributed by atoms with Crippen LogP contribution in [0.4, 0.5) is 26.3 Å². The zero-order valence-electron chi connectivity index (χ0n) is 17.1. The van der Waals surface area contributed by atoms with E-state index in [1.165, 1.54) is 19.0 Å². The lowest BCUT2D eigenvalue weighted by Crippen LogP contribution is -2.04. The Hall–Kier alpha value is -2.77. The number of aromatic carboxylic acids is 1. The van der Waals surface area contributed by atoms with E-state index in [1.54, 1.807) is 11.4 Å². The van der Waals surface area contributed by atoms with E-state index in [1.807, 2.05) is 0 Å². The SMILES string of the molecule is C1CCOC1.FC(F)(F)c1ccnc2ccsc12.O=C(O)c1cc2nccc(C(F)(F)F)c2s1. The first kappa shape index (κ1) is 25.8. The number of aromatic nitrogens is 2. The molecule has 4 aromatic heterocycles. The third kappa shape index (κ3) is 6.42. The monoisotopic (exact) mass is 522 g/mol. The van der Waals surface area contributed by atoms with E-state index in [-0.39, 0.29) is 19.8 Å². The van der Waals surface area contributed by atoms with Gasteiger partial charge in [-0.1, -0.05) is 0 Å². The Morgan fingerprint density at radius 3 is 1.94 bits per heavy atom. The van der Waals surface area contributed by atoms with Gasteiger partial charge in [-0.25, -0.2) is 4.79 Å². The van der Waals surface area contributed by atoms with Gasteiger partial charge in [-0.15, -0.1) is 22.7 Å². The van der Waals surface area contributed by atoms with Crippen molar-refractivity contribution < 1.29 is 41.0 Å². The number of hydrogen-bond donors (Lipinski definition) is 1. The van der Waals surface area contributed by atoms with Crippen molar-refractivity contribution in [2.75, 3.05) is 13.2 Å². The minimum atomic E-state index is -4.50. The first-order chi connectivity index (χ1) is 16.0. The Labute approximate surface area is 196 Å². The molecule has 5 rings (SSSR count). The molecule has 0 bridgehead atoms. The molecule has 0 unspecified atom stereocenters. The van der Waals surface area contributed by atoms with Crippen LogP contribution in [0, 0.1) is 0 Å². The van der Waals surface area contributed by atoms with Crippen LogP contribution >= 0.6 is 22.7 Å². The summed E-state index contributed by atoms with van der Waals surface area (Å²) in [6.07, 6.45) is -4.03. The number of carbonyl (C=O) groups is 1. The lowest BCUT2D eigenvalue weighted by atomic mass is 10.2. The molecular formula is C21H16F6N2O3S2. The normalized spacial score (nSPS) is 13.8. The largest absolute Gasteiger partial charge is 0.477 e. The molecule has 1 saturated heterocycles. The van der Waals surface area contributed by atoms with Crippen molar-refractivity contribution in [1.29, 1.82) is 0 Å². The third-order valence-corrected chi connectivity index (χ3v) is 6.49. The van der Waals surface area contributed by atoms with Gasteiger partial charge in [0.05, 0.1) is 31.6 Å². The third-order valence-electron chi connectivity index (χ3n) is 4.40. The molecular weight excluding hydrogens is 506 g/mol. The Morgan fingerprint density at radius 2 is 1.44 bits per heavy atom. The lowest BCUT2D eigenvalue weighted by Gasteiger charge is -2.06. The van der Waals surface area contributed by atoms with Gasteiger partial charge in [0.25, 0.3) is 0 Å². The highest BCUT2D eigenvalue weighted by Gasteiger charge is 2.34. The highest BCUT2D eigenvalue weighted by atomic mass is 32.1. The molecule has 1 aliphatic heterocycles. The lowest BCUT2D eigenvalue weighted by molar-refractivity contribution is -0.137. The number of alkyl halides is 6. The van der Waals surface area contributed by atoms with Crippen molar-refractivity contribution in [3.63, 3.8) is 0 Å². The molecule has 0 saturated carbocycles. The highest BCUT2D eigenvalue weighted by Crippen LogP contribution is 2.38. The molecule has 1 fully saturated rings. The minimum Gasteiger partial charge on any atom is -0.477 e. The van der Waals surface area contributed by atoms with Crippen LogP contribution in [0.25, 0.3) is 20.4 Å². The van der Waals surface area contributed by atoms with E-state index in [4.69, 9.17) is 9.84 Å². The van der Waals surface area contributed by atoms with Crippen molar-refractivity contribution in [3.8, 4) is 0 Å². The first-order valence-corrected chi connectivity index (χ1v) is 11.3. The van der Waals surface area contributed by atoms with E-state index in [9.17, 15) is 31.1 Å². The number of ether oxygens (including phenoxy) is 1. The molecule has 0 radical (unpaired) electrons. The van der Waals surface area contributed by atoms with E-state index < -0.39 is 29.4 Å². The Balaban J connectivity index is 0.000000161. The molecule has 0 spiro atoms. The summed E-state index contributed by atoms with van der Waals surface area (Å²) in [5.41, 5.74) is -1.00. The summed E-state index contributed by atoms with van der Waals surface area (Å²) in [5, 5.41) is 10.3. The van der Waals surface area contributed by atoms with Gasteiger partial charge in [-0.05, 0) is 42.5 Å².